The summed E-state index contributed by atoms with van der Waals surface area (Å²) < 4.78 is 5.98. The van der Waals surface area contributed by atoms with E-state index in [1.807, 2.05) is 13.0 Å². The summed E-state index contributed by atoms with van der Waals surface area (Å²) in [5.74, 6) is 0.462. The number of thiophene rings is 1. The van der Waals surface area contributed by atoms with Crippen LogP contribution >= 0.6 is 38.9 Å². The molecule has 0 aliphatic rings. The highest BCUT2D eigenvalue weighted by Gasteiger charge is 2.11. The highest BCUT2D eigenvalue weighted by Crippen LogP contribution is 2.33. The minimum atomic E-state index is 0.136. The van der Waals surface area contributed by atoms with Crippen molar-refractivity contribution in [2.45, 2.75) is 6.92 Å². The molecule has 0 N–H and O–H groups in total. The van der Waals surface area contributed by atoms with Crippen LogP contribution in [0.2, 0.25) is 5.28 Å². The molecule has 2 aromatic rings. The van der Waals surface area contributed by atoms with Crippen molar-refractivity contribution in [2.24, 2.45) is 0 Å². The van der Waals surface area contributed by atoms with Crippen molar-refractivity contribution < 1.29 is 4.52 Å². The molecular weight excluding hydrogens is 276 g/mol. The quantitative estimate of drug-likeness (QED) is 0.801. The Labute approximate surface area is 91.8 Å². The van der Waals surface area contributed by atoms with Crippen molar-refractivity contribution >= 4 is 38.9 Å². The van der Waals surface area contributed by atoms with Crippen LogP contribution in [0.4, 0.5) is 0 Å². The van der Waals surface area contributed by atoms with Gasteiger partial charge in [-0.25, -0.2) is 0 Å². The molecule has 0 bridgehead atoms. The molecule has 0 radical (unpaired) electrons. The Morgan fingerprint density at radius 2 is 2.38 bits per heavy atom. The van der Waals surface area contributed by atoms with E-state index in [0.29, 0.717) is 5.89 Å². The monoisotopic (exact) mass is 278 g/mol. The van der Waals surface area contributed by atoms with Crippen LogP contribution in [0.3, 0.4) is 0 Å². The molecule has 0 atom stereocenters. The fourth-order valence-electron chi connectivity index (χ4n) is 0.871. The summed E-state index contributed by atoms with van der Waals surface area (Å²) in [5.41, 5.74) is 1.15. The molecule has 0 amide bonds. The van der Waals surface area contributed by atoms with E-state index in [9.17, 15) is 0 Å². The zero-order chi connectivity index (χ0) is 9.42. The SMILES string of the molecule is Cc1cc(-c2nc(Cl)no2)sc1Br. The van der Waals surface area contributed by atoms with Gasteiger partial charge in [0.05, 0.1) is 8.66 Å². The molecule has 0 spiro atoms. The predicted molar refractivity (Wildman–Crippen MR) is 55.1 cm³/mol. The van der Waals surface area contributed by atoms with E-state index >= 15 is 0 Å². The molecule has 0 unspecified atom stereocenters. The number of halogens is 2. The lowest BCUT2D eigenvalue weighted by Gasteiger charge is -1.81. The van der Waals surface area contributed by atoms with Gasteiger partial charge in [0.25, 0.3) is 11.2 Å². The second-order valence-corrected chi connectivity index (χ2v) is 5.14. The number of hydrogen-bond donors (Lipinski definition) is 0. The molecule has 2 heterocycles. The molecule has 3 nitrogen and oxygen atoms in total. The molecule has 6 heteroatoms. The first-order valence-electron chi connectivity index (χ1n) is 3.42. The Kier molecular flexibility index (Phi) is 2.40. The fraction of sp³-hybridized carbons (Fsp3) is 0.143. The summed E-state index contributed by atoms with van der Waals surface area (Å²) in [4.78, 5) is 4.83. The van der Waals surface area contributed by atoms with Crippen LogP contribution in [0.15, 0.2) is 14.4 Å². The maximum Gasteiger partial charge on any atom is 0.269 e. The van der Waals surface area contributed by atoms with E-state index < -0.39 is 0 Å². The van der Waals surface area contributed by atoms with Crippen LogP contribution in [0, 0.1) is 6.92 Å². The number of rotatable bonds is 1. The molecule has 2 aromatic heterocycles. The van der Waals surface area contributed by atoms with Crippen molar-refractivity contribution in [2.75, 3.05) is 0 Å². The standard InChI is InChI=1S/C7H4BrClN2OS/c1-3-2-4(13-5(3)8)6-10-7(9)11-12-6/h2H,1H3. The zero-order valence-corrected chi connectivity index (χ0v) is 9.70. The molecule has 0 saturated carbocycles. The van der Waals surface area contributed by atoms with Gasteiger partial charge in [-0.15, -0.1) is 11.3 Å². The minimum Gasteiger partial charge on any atom is -0.332 e. The van der Waals surface area contributed by atoms with Gasteiger partial charge in [-0.1, -0.05) is 0 Å². The number of hydrogen-bond acceptors (Lipinski definition) is 4. The zero-order valence-electron chi connectivity index (χ0n) is 6.54. The largest absolute Gasteiger partial charge is 0.332 e. The summed E-state index contributed by atoms with van der Waals surface area (Å²) in [6.07, 6.45) is 0. The molecule has 0 saturated heterocycles. The fourth-order valence-corrected chi connectivity index (χ4v) is 2.44. The van der Waals surface area contributed by atoms with Gasteiger partial charge in [0.2, 0.25) is 0 Å². The molecule has 0 fully saturated rings. The second-order valence-electron chi connectivity index (χ2n) is 2.44. The highest BCUT2D eigenvalue weighted by molar-refractivity contribution is 9.11. The van der Waals surface area contributed by atoms with Crippen LogP contribution in [0.25, 0.3) is 10.8 Å². The van der Waals surface area contributed by atoms with E-state index in [-0.39, 0.29) is 5.28 Å². The topological polar surface area (TPSA) is 38.9 Å². The lowest BCUT2D eigenvalue weighted by atomic mass is 10.3. The van der Waals surface area contributed by atoms with Crippen molar-refractivity contribution in [1.29, 1.82) is 0 Å². The minimum absolute atomic E-state index is 0.136. The van der Waals surface area contributed by atoms with Crippen molar-refractivity contribution in [3.05, 3.63) is 20.7 Å². The normalized spacial score (nSPS) is 10.7. The third-order valence-electron chi connectivity index (χ3n) is 1.47. The maximum atomic E-state index is 5.53. The third kappa shape index (κ3) is 1.77. The highest BCUT2D eigenvalue weighted by atomic mass is 79.9. The van der Waals surface area contributed by atoms with Crippen molar-refractivity contribution in [3.8, 4) is 10.8 Å². The molecule has 0 aliphatic heterocycles. The summed E-state index contributed by atoms with van der Waals surface area (Å²) in [7, 11) is 0. The van der Waals surface area contributed by atoms with Crippen molar-refractivity contribution in [3.63, 3.8) is 0 Å². The average Bonchev–Trinajstić information content (AvgIpc) is 2.61. The lowest BCUT2D eigenvalue weighted by Crippen LogP contribution is -1.68. The number of aromatic nitrogens is 2. The third-order valence-corrected chi connectivity index (χ3v) is 3.75. The van der Waals surface area contributed by atoms with Crippen LogP contribution in [0.1, 0.15) is 5.56 Å². The smallest absolute Gasteiger partial charge is 0.269 e. The van der Waals surface area contributed by atoms with Crippen LogP contribution in [0.5, 0.6) is 0 Å². The average molecular weight is 280 g/mol. The van der Waals surface area contributed by atoms with E-state index in [0.717, 1.165) is 14.2 Å². The van der Waals surface area contributed by atoms with Crippen LogP contribution in [-0.2, 0) is 0 Å². The first-order chi connectivity index (χ1) is 6.16. The van der Waals surface area contributed by atoms with Gasteiger partial charge >= 0.3 is 0 Å². The Bertz CT molecular complexity index is 420. The first-order valence-corrected chi connectivity index (χ1v) is 5.41. The lowest BCUT2D eigenvalue weighted by molar-refractivity contribution is 0.431. The Balaban J connectivity index is 2.46. The Morgan fingerprint density at radius 1 is 1.62 bits per heavy atom. The van der Waals surface area contributed by atoms with Crippen LogP contribution < -0.4 is 0 Å². The van der Waals surface area contributed by atoms with Gasteiger partial charge in [-0.3, -0.25) is 0 Å². The first kappa shape index (κ1) is 9.18. The predicted octanol–water partition coefficient (Wildman–Crippen LogP) is 3.52. The number of nitrogens with zero attached hydrogens (tertiary/aromatic N) is 2. The number of aryl methyl sites for hydroxylation is 1. The van der Waals surface area contributed by atoms with E-state index in [4.69, 9.17) is 16.1 Å². The summed E-state index contributed by atoms with van der Waals surface area (Å²) in [6, 6.07) is 1.97. The molecule has 13 heavy (non-hydrogen) atoms. The van der Waals surface area contributed by atoms with Gasteiger partial charge in [0, 0.05) is 0 Å². The summed E-state index contributed by atoms with van der Waals surface area (Å²) in [6.45, 7) is 2.00. The van der Waals surface area contributed by atoms with Gasteiger partial charge < -0.3 is 4.52 Å². The van der Waals surface area contributed by atoms with Gasteiger partial charge in [0.1, 0.15) is 0 Å². The molecule has 0 aliphatic carbocycles. The summed E-state index contributed by atoms with van der Waals surface area (Å²) >= 11 is 10.5. The molecular formula is C7H4BrClN2OS. The van der Waals surface area contributed by atoms with Crippen LogP contribution in [-0.4, -0.2) is 10.1 Å². The van der Waals surface area contributed by atoms with Gasteiger partial charge in [-0.05, 0) is 51.2 Å². The van der Waals surface area contributed by atoms with E-state index in [1.54, 1.807) is 11.3 Å². The van der Waals surface area contributed by atoms with Gasteiger partial charge in [-0.2, -0.15) is 4.98 Å². The molecule has 68 valence electrons. The van der Waals surface area contributed by atoms with Crippen molar-refractivity contribution in [1.82, 2.24) is 10.1 Å². The van der Waals surface area contributed by atoms with E-state index in [1.165, 1.54) is 0 Å². The maximum absolute atomic E-state index is 5.53. The Hall–Kier alpha value is -0.390. The van der Waals surface area contributed by atoms with Gasteiger partial charge in [0.15, 0.2) is 0 Å². The second kappa shape index (κ2) is 3.40. The Morgan fingerprint density at radius 3 is 2.85 bits per heavy atom. The van der Waals surface area contributed by atoms with E-state index in [2.05, 4.69) is 26.1 Å². The summed E-state index contributed by atoms with van der Waals surface area (Å²) in [5, 5.41) is 3.64. The molecule has 0 aromatic carbocycles. The molecule has 2 rings (SSSR count).